The van der Waals surface area contributed by atoms with Gasteiger partial charge in [0.1, 0.15) is 0 Å². The molecular formula is C14H9F2N3O2. The largest absolute Gasteiger partial charge is 0.402 e. The molecule has 0 saturated heterocycles. The second-order valence-corrected chi connectivity index (χ2v) is 4.41. The molecule has 0 aliphatic carbocycles. The van der Waals surface area contributed by atoms with Gasteiger partial charge in [0.25, 0.3) is 0 Å². The number of aryl methyl sites for hydroxylation is 1. The van der Waals surface area contributed by atoms with Crippen LogP contribution in [0.4, 0.5) is 8.78 Å². The molecule has 0 saturated carbocycles. The summed E-state index contributed by atoms with van der Waals surface area (Å²) in [5.74, 6) is -2.72. The first kappa shape index (κ1) is 13.2. The van der Waals surface area contributed by atoms with E-state index in [9.17, 15) is 13.6 Å². The van der Waals surface area contributed by atoms with Crippen molar-refractivity contribution in [2.45, 2.75) is 0 Å². The van der Waals surface area contributed by atoms with E-state index < -0.39 is 17.6 Å². The van der Waals surface area contributed by atoms with Gasteiger partial charge in [-0.3, -0.25) is 4.68 Å². The number of nitrogens with zero attached hydrogens (tertiary/aromatic N) is 3. The molecule has 0 bridgehead atoms. The second kappa shape index (κ2) is 4.93. The van der Waals surface area contributed by atoms with E-state index in [1.54, 1.807) is 24.1 Å². The van der Waals surface area contributed by atoms with Crippen LogP contribution < -0.4 is 0 Å². The van der Waals surface area contributed by atoms with Crippen molar-refractivity contribution < 1.29 is 18.3 Å². The van der Waals surface area contributed by atoms with Gasteiger partial charge in [0, 0.05) is 24.4 Å². The standard InChI is InChI=1S/C14H9F2N3O2/c1-19-7-8(6-17-19)4-12-14(20)21-13(18-12)9-2-3-10(15)11(16)5-9/h2-7H,1H3. The van der Waals surface area contributed by atoms with Gasteiger partial charge >= 0.3 is 5.97 Å². The van der Waals surface area contributed by atoms with Crippen LogP contribution in [0.2, 0.25) is 0 Å². The Labute approximate surface area is 118 Å². The van der Waals surface area contributed by atoms with Gasteiger partial charge in [-0.15, -0.1) is 0 Å². The highest BCUT2D eigenvalue weighted by Gasteiger charge is 2.24. The minimum absolute atomic E-state index is 0.0611. The lowest BCUT2D eigenvalue weighted by Gasteiger charge is -1.99. The molecule has 0 spiro atoms. The molecule has 21 heavy (non-hydrogen) atoms. The van der Waals surface area contributed by atoms with Crippen molar-refractivity contribution in [3.63, 3.8) is 0 Å². The van der Waals surface area contributed by atoms with Gasteiger partial charge < -0.3 is 4.74 Å². The highest BCUT2D eigenvalue weighted by atomic mass is 19.2. The number of aliphatic imine (C=N–C) groups is 1. The summed E-state index contributed by atoms with van der Waals surface area (Å²) in [7, 11) is 1.74. The Bertz CT molecular complexity index is 793. The third kappa shape index (κ3) is 2.58. The Morgan fingerprint density at radius 3 is 2.76 bits per heavy atom. The number of carbonyl (C=O) groups is 1. The number of carbonyl (C=O) groups excluding carboxylic acids is 1. The van der Waals surface area contributed by atoms with E-state index in [1.165, 1.54) is 12.1 Å². The van der Waals surface area contributed by atoms with E-state index in [1.807, 2.05) is 0 Å². The van der Waals surface area contributed by atoms with Gasteiger partial charge in [-0.25, -0.2) is 18.6 Å². The molecular weight excluding hydrogens is 280 g/mol. The van der Waals surface area contributed by atoms with Crippen molar-refractivity contribution in [3.05, 3.63) is 59.1 Å². The van der Waals surface area contributed by atoms with Crippen LogP contribution in [0.1, 0.15) is 11.1 Å². The number of esters is 1. The van der Waals surface area contributed by atoms with Crippen LogP contribution in [-0.2, 0) is 16.6 Å². The number of halogens is 2. The molecule has 2 heterocycles. The van der Waals surface area contributed by atoms with Crippen LogP contribution in [0.15, 0.2) is 41.3 Å². The Morgan fingerprint density at radius 1 is 1.29 bits per heavy atom. The maximum atomic E-state index is 13.2. The predicted octanol–water partition coefficient (Wildman–Crippen LogP) is 2.04. The van der Waals surface area contributed by atoms with Crippen molar-refractivity contribution in [1.82, 2.24) is 9.78 Å². The SMILES string of the molecule is Cn1cc(C=C2N=C(c3ccc(F)c(F)c3)OC2=O)cn1. The molecule has 0 radical (unpaired) electrons. The van der Waals surface area contributed by atoms with Gasteiger partial charge in [0.2, 0.25) is 5.90 Å². The summed E-state index contributed by atoms with van der Waals surface area (Å²) in [4.78, 5) is 15.7. The predicted molar refractivity (Wildman–Crippen MR) is 70.2 cm³/mol. The molecule has 0 unspecified atom stereocenters. The van der Waals surface area contributed by atoms with Gasteiger partial charge in [-0.05, 0) is 24.3 Å². The summed E-state index contributed by atoms with van der Waals surface area (Å²) in [6.07, 6.45) is 4.76. The van der Waals surface area contributed by atoms with Crippen LogP contribution in [0, 0.1) is 11.6 Å². The van der Waals surface area contributed by atoms with Gasteiger partial charge in [-0.1, -0.05) is 0 Å². The smallest absolute Gasteiger partial charge is 0.363 e. The molecule has 7 heteroatoms. The molecule has 106 valence electrons. The first-order chi connectivity index (χ1) is 10.0. The van der Waals surface area contributed by atoms with Crippen LogP contribution in [0.3, 0.4) is 0 Å². The fourth-order valence-corrected chi connectivity index (χ4v) is 1.83. The van der Waals surface area contributed by atoms with Crippen LogP contribution in [0.5, 0.6) is 0 Å². The van der Waals surface area contributed by atoms with Crippen molar-refractivity contribution in [2.24, 2.45) is 12.0 Å². The van der Waals surface area contributed by atoms with E-state index in [2.05, 4.69) is 10.1 Å². The highest BCUT2D eigenvalue weighted by Crippen LogP contribution is 2.20. The minimum atomic E-state index is -1.03. The molecule has 0 amide bonds. The third-order valence-corrected chi connectivity index (χ3v) is 2.82. The summed E-state index contributed by atoms with van der Waals surface area (Å²) in [6.45, 7) is 0. The Kier molecular flexibility index (Phi) is 3.09. The van der Waals surface area contributed by atoms with Gasteiger partial charge in [0.15, 0.2) is 17.3 Å². The number of ether oxygens (including phenoxy) is 1. The van der Waals surface area contributed by atoms with Crippen molar-refractivity contribution >= 4 is 17.9 Å². The summed E-state index contributed by atoms with van der Waals surface area (Å²) < 4.78 is 32.6. The summed E-state index contributed by atoms with van der Waals surface area (Å²) in [5.41, 5.74) is 0.944. The fraction of sp³-hybridized carbons (Fsp3) is 0.0714. The van der Waals surface area contributed by atoms with Crippen LogP contribution in [-0.4, -0.2) is 21.6 Å². The van der Waals surface area contributed by atoms with Crippen molar-refractivity contribution in [2.75, 3.05) is 0 Å². The average Bonchev–Trinajstić information content (AvgIpc) is 3.00. The maximum Gasteiger partial charge on any atom is 0.363 e. The minimum Gasteiger partial charge on any atom is -0.402 e. The lowest BCUT2D eigenvalue weighted by Crippen LogP contribution is -2.06. The Morgan fingerprint density at radius 2 is 2.10 bits per heavy atom. The number of cyclic esters (lactones) is 1. The lowest BCUT2D eigenvalue weighted by atomic mass is 10.2. The summed E-state index contributed by atoms with van der Waals surface area (Å²) >= 11 is 0. The summed E-state index contributed by atoms with van der Waals surface area (Å²) in [6, 6.07) is 3.16. The lowest BCUT2D eigenvalue weighted by molar-refractivity contribution is -0.129. The number of rotatable bonds is 2. The molecule has 5 nitrogen and oxygen atoms in total. The number of hydrogen-bond acceptors (Lipinski definition) is 4. The third-order valence-electron chi connectivity index (χ3n) is 2.82. The normalized spacial score (nSPS) is 16.2. The Hall–Kier alpha value is -2.83. The Balaban J connectivity index is 1.95. The molecule has 1 aromatic heterocycles. The van der Waals surface area contributed by atoms with Crippen LogP contribution >= 0.6 is 0 Å². The van der Waals surface area contributed by atoms with Crippen molar-refractivity contribution in [1.29, 1.82) is 0 Å². The van der Waals surface area contributed by atoms with E-state index in [-0.39, 0.29) is 17.2 Å². The molecule has 3 rings (SSSR count). The molecule has 1 aliphatic heterocycles. The molecule has 0 fully saturated rings. The zero-order chi connectivity index (χ0) is 15.0. The molecule has 1 aliphatic rings. The van der Waals surface area contributed by atoms with E-state index in [4.69, 9.17) is 4.74 Å². The topological polar surface area (TPSA) is 56.5 Å². The van der Waals surface area contributed by atoms with E-state index in [0.717, 1.165) is 12.1 Å². The highest BCUT2D eigenvalue weighted by molar-refractivity contribution is 6.12. The number of aromatic nitrogens is 2. The number of hydrogen-bond donors (Lipinski definition) is 0. The molecule has 0 atom stereocenters. The maximum absolute atomic E-state index is 13.2. The van der Waals surface area contributed by atoms with Crippen LogP contribution in [0.25, 0.3) is 6.08 Å². The first-order valence-electron chi connectivity index (χ1n) is 5.99. The average molecular weight is 289 g/mol. The van der Waals surface area contributed by atoms with E-state index >= 15 is 0 Å². The quantitative estimate of drug-likeness (QED) is 0.628. The zero-order valence-electron chi connectivity index (χ0n) is 10.9. The van der Waals surface area contributed by atoms with Gasteiger partial charge in [-0.2, -0.15) is 5.10 Å². The zero-order valence-corrected chi connectivity index (χ0v) is 10.9. The fourth-order valence-electron chi connectivity index (χ4n) is 1.83. The number of benzene rings is 1. The molecule has 0 N–H and O–H groups in total. The van der Waals surface area contributed by atoms with Gasteiger partial charge in [0.05, 0.1) is 6.20 Å². The van der Waals surface area contributed by atoms with Crippen molar-refractivity contribution in [3.8, 4) is 0 Å². The summed E-state index contributed by atoms with van der Waals surface area (Å²) in [5, 5.41) is 3.96. The first-order valence-corrected chi connectivity index (χ1v) is 5.99. The molecule has 2 aromatic rings. The second-order valence-electron chi connectivity index (χ2n) is 4.41. The van der Waals surface area contributed by atoms with E-state index in [0.29, 0.717) is 5.56 Å². The molecule has 1 aromatic carbocycles. The monoisotopic (exact) mass is 289 g/mol.